The predicted molar refractivity (Wildman–Crippen MR) is 127 cm³/mol. The second kappa shape index (κ2) is 9.24. The van der Waals surface area contributed by atoms with E-state index in [1.807, 2.05) is 42.2 Å². The van der Waals surface area contributed by atoms with Crippen LogP contribution in [0, 0.1) is 17.0 Å². The molecule has 0 amide bonds. The van der Waals surface area contributed by atoms with Crippen LogP contribution < -0.4 is 4.90 Å². The molecular weight excluding hydrogens is 442 g/mol. The monoisotopic (exact) mass is 467 g/mol. The van der Waals surface area contributed by atoms with Crippen molar-refractivity contribution in [3.8, 4) is 11.4 Å². The number of benzene rings is 2. The highest BCUT2D eigenvalue weighted by Gasteiger charge is 2.27. The lowest BCUT2D eigenvalue weighted by Gasteiger charge is -2.35. The number of piperazine rings is 1. The van der Waals surface area contributed by atoms with Crippen LogP contribution in [0.5, 0.6) is 0 Å². The molecule has 4 rings (SSSR count). The number of hydrogen-bond donors (Lipinski definition) is 0. The topological polar surface area (TPSA) is 110 Å². The summed E-state index contributed by atoms with van der Waals surface area (Å²) in [6, 6.07) is 16.3. The SMILES string of the molecule is Cc1nc(-c2ccccc2)nc(N2CCN(S(C)(=O)=O)CC2)c1Cc1ccccc1[N+](=O)[O-]. The zero-order valence-corrected chi connectivity index (χ0v) is 19.3. The molecule has 0 bridgehead atoms. The van der Waals surface area contributed by atoms with Crippen molar-refractivity contribution in [3.63, 3.8) is 0 Å². The van der Waals surface area contributed by atoms with E-state index in [2.05, 4.69) is 0 Å². The van der Waals surface area contributed by atoms with E-state index >= 15 is 0 Å². The number of nitrogens with zero attached hydrogens (tertiary/aromatic N) is 5. The molecule has 0 radical (unpaired) electrons. The van der Waals surface area contributed by atoms with Crippen LogP contribution in [0.15, 0.2) is 54.6 Å². The first-order chi connectivity index (χ1) is 15.7. The van der Waals surface area contributed by atoms with Crippen LogP contribution in [0.25, 0.3) is 11.4 Å². The number of para-hydroxylation sites is 1. The van der Waals surface area contributed by atoms with E-state index in [4.69, 9.17) is 9.97 Å². The largest absolute Gasteiger partial charge is 0.354 e. The van der Waals surface area contributed by atoms with Gasteiger partial charge in [0.05, 0.1) is 11.2 Å². The lowest BCUT2D eigenvalue weighted by molar-refractivity contribution is -0.385. The molecule has 1 aliphatic rings. The van der Waals surface area contributed by atoms with E-state index < -0.39 is 10.0 Å². The maximum atomic E-state index is 12.0. The Kier molecular flexibility index (Phi) is 6.39. The minimum absolute atomic E-state index is 0.0527. The first-order valence-corrected chi connectivity index (χ1v) is 12.4. The van der Waals surface area contributed by atoms with Gasteiger partial charge in [-0.2, -0.15) is 4.31 Å². The fourth-order valence-electron chi connectivity index (χ4n) is 4.03. The average molecular weight is 468 g/mol. The fourth-order valence-corrected chi connectivity index (χ4v) is 4.85. The minimum atomic E-state index is -3.27. The van der Waals surface area contributed by atoms with Crippen molar-refractivity contribution in [2.45, 2.75) is 13.3 Å². The molecule has 0 unspecified atom stereocenters. The highest BCUT2D eigenvalue weighted by atomic mass is 32.2. The van der Waals surface area contributed by atoms with E-state index in [1.54, 1.807) is 18.2 Å². The van der Waals surface area contributed by atoms with Crippen LogP contribution in [0.4, 0.5) is 11.5 Å². The summed E-state index contributed by atoms with van der Waals surface area (Å²) in [5.74, 6) is 1.26. The Balaban J connectivity index is 1.77. The Morgan fingerprint density at radius 1 is 0.970 bits per heavy atom. The molecule has 1 saturated heterocycles. The van der Waals surface area contributed by atoms with Crippen molar-refractivity contribution >= 4 is 21.5 Å². The highest BCUT2D eigenvalue weighted by molar-refractivity contribution is 7.88. The van der Waals surface area contributed by atoms with Gasteiger partial charge in [0, 0.05) is 61.1 Å². The van der Waals surface area contributed by atoms with Gasteiger partial charge in [0.15, 0.2) is 5.82 Å². The van der Waals surface area contributed by atoms with E-state index in [-0.39, 0.29) is 10.6 Å². The summed E-state index contributed by atoms with van der Waals surface area (Å²) in [4.78, 5) is 22.8. The Labute approximate surface area is 192 Å². The summed E-state index contributed by atoms with van der Waals surface area (Å²) in [6.45, 7) is 3.54. The standard InChI is InChI=1S/C23H25N5O4S/c1-17-20(16-19-10-6-7-11-21(19)28(29)30)23(25-22(24-17)18-8-4-3-5-9-18)26-12-14-27(15-13-26)33(2,31)32/h3-11H,12-16H2,1-2H3. The van der Waals surface area contributed by atoms with Crippen LogP contribution in [-0.4, -0.2) is 60.0 Å². The number of aromatic nitrogens is 2. The molecule has 33 heavy (non-hydrogen) atoms. The van der Waals surface area contributed by atoms with Crippen LogP contribution >= 0.6 is 0 Å². The first-order valence-electron chi connectivity index (χ1n) is 10.6. The Morgan fingerprint density at radius 2 is 1.61 bits per heavy atom. The summed E-state index contributed by atoms with van der Waals surface area (Å²) >= 11 is 0. The Morgan fingerprint density at radius 3 is 2.24 bits per heavy atom. The van der Waals surface area contributed by atoms with E-state index in [0.29, 0.717) is 49.8 Å². The number of anilines is 1. The van der Waals surface area contributed by atoms with Gasteiger partial charge in [-0.05, 0) is 6.92 Å². The molecule has 1 aliphatic heterocycles. The molecule has 0 aliphatic carbocycles. The lowest BCUT2D eigenvalue weighted by atomic mass is 10.0. The van der Waals surface area contributed by atoms with Gasteiger partial charge in [0.2, 0.25) is 10.0 Å². The van der Waals surface area contributed by atoms with Crippen molar-refractivity contribution in [3.05, 3.63) is 81.5 Å². The fraction of sp³-hybridized carbons (Fsp3) is 0.304. The summed E-state index contributed by atoms with van der Waals surface area (Å²) in [5.41, 5.74) is 3.04. The molecule has 9 nitrogen and oxygen atoms in total. The number of sulfonamides is 1. The van der Waals surface area contributed by atoms with Gasteiger partial charge in [0.1, 0.15) is 5.82 Å². The predicted octanol–water partition coefficient (Wildman–Crippen LogP) is 3.03. The zero-order chi connectivity index (χ0) is 23.6. The molecule has 0 spiro atoms. The van der Waals surface area contributed by atoms with E-state index in [0.717, 1.165) is 16.8 Å². The molecule has 1 aromatic heterocycles. The van der Waals surface area contributed by atoms with Gasteiger partial charge in [-0.1, -0.05) is 48.5 Å². The zero-order valence-electron chi connectivity index (χ0n) is 18.5. The van der Waals surface area contributed by atoms with Gasteiger partial charge in [-0.25, -0.2) is 18.4 Å². The second-order valence-corrected chi connectivity index (χ2v) is 9.99. The number of rotatable bonds is 6. The third kappa shape index (κ3) is 5.01. The molecule has 10 heteroatoms. The summed E-state index contributed by atoms with van der Waals surface area (Å²) < 4.78 is 25.4. The van der Waals surface area contributed by atoms with Gasteiger partial charge >= 0.3 is 0 Å². The molecule has 172 valence electrons. The minimum Gasteiger partial charge on any atom is -0.354 e. The number of hydrogen-bond acceptors (Lipinski definition) is 7. The average Bonchev–Trinajstić information content (AvgIpc) is 2.80. The van der Waals surface area contributed by atoms with Gasteiger partial charge < -0.3 is 4.90 Å². The van der Waals surface area contributed by atoms with Crippen molar-refractivity contribution < 1.29 is 13.3 Å². The van der Waals surface area contributed by atoms with E-state index in [9.17, 15) is 18.5 Å². The van der Waals surface area contributed by atoms with E-state index in [1.165, 1.54) is 16.6 Å². The molecular formula is C23H25N5O4S. The summed E-state index contributed by atoms with van der Waals surface area (Å²) in [7, 11) is -3.27. The van der Waals surface area contributed by atoms with Crippen molar-refractivity contribution in [2.75, 3.05) is 37.3 Å². The van der Waals surface area contributed by atoms with Crippen LogP contribution in [0.3, 0.4) is 0 Å². The normalized spacial score (nSPS) is 14.9. The Hall–Kier alpha value is -3.37. The molecule has 0 N–H and O–H groups in total. The molecule has 2 aromatic carbocycles. The van der Waals surface area contributed by atoms with Crippen molar-refractivity contribution in [2.24, 2.45) is 0 Å². The molecule has 0 atom stereocenters. The van der Waals surface area contributed by atoms with Crippen molar-refractivity contribution in [1.82, 2.24) is 14.3 Å². The first kappa shape index (κ1) is 22.8. The van der Waals surface area contributed by atoms with Crippen molar-refractivity contribution in [1.29, 1.82) is 0 Å². The second-order valence-electron chi connectivity index (χ2n) is 8.01. The van der Waals surface area contributed by atoms with Crippen LogP contribution in [0.1, 0.15) is 16.8 Å². The molecule has 2 heterocycles. The lowest BCUT2D eigenvalue weighted by Crippen LogP contribution is -2.49. The molecule has 1 fully saturated rings. The smallest absolute Gasteiger partial charge is 0.272 e. The van der Waals surface area contributed by atoms with Crippen LogP contribution in [-0.2, 0) is 16.4 Å². The summed E-state index contributed by atoms with van der Waals surface area (Å²) in [6.07, 6.45) is 1.52. The van der Waals surface area contributed by atoms with Gasteiger partial charge in [0.25, 0.3) is 5.69 Å². The highest BCUT2D eigenvalue weighted by Crippen LogP contribution is 2.30. The number of nitro benzene ring substituents is 1. The maximum Gasteiger partial charge on any atom is 0.272 e. The number of nitro groups is 1. The maximum absolute atomic E-state index is 12.0. The summed E-state index contributed by atoms with van der Waals surface area (Å²) in [5, 5.41) is 11.6. The molecule has 0 saturated carbocycles. The van der Waals surface area contributed by atoms with Crippen LogP contribution in [0.2, 0.25) is 0 Å². The third-order valence-electron chi connectivity index (χ3n) is 5.79. The van der Waals surface area contributed by atoms with Gasteiger partial charge in [-0.3, -0.25) is 10.1 Å². The molecule has 3 aromatic rings. The Bertz CT molecular complexity index is 1270. The number of aryl methyl sites for hydroxylation is 1. The van der Waals surface area contributed by atoms with Gasteiger partial charge in [-0.15, -0.1) is 0 Å². The third-order valence-corrected chi connectivity index (χ3v) is 7.09. The quantitative estimate of drug-likeness (QED) is 0.405.